The highest BCUT2D eigenvalue weighted by Gasteiger charge is 2.11. The summed E-state index contributed by atoms with van der Waals surface area (Å²) >= 11 is 0. The number of rotatable bonds is 9. The maximum absolute atomic E-state index is 6.05. The normalized spacial score (nSPS) is 11.1. The lowest BCUT2D eigenvalue weighted by Gasteiger charge is -2.13. The molecule has 0 fully saturated rings. The van der Waals surface area contributed by atoms with Gasteiger partial charge in [-0.1, -0.05) is 43.3 Å². The van der Waals surface area contributed by atoms with Crippen LogP contribution in [0.4, 0.5) is 0 Å². The highest BCUT2D eigenvalue weighted by Crippen LogP contribution is 2.21. The molecule has 0 bridgehead atoms. The van der Waals surface area contributed by atoms with E-state index in [9.17, 15) is 0 Å². The summed E-state index contributed by atoms with van der Waals surface area (Å²) in [5.41, 5.74) is 5.82. The minimum Gasteiger partial charge on any atom is -0.493 e. The Kier molecular flexibility index (Phi) is 6.56. The molecule has 0 spiro atoms. The molecule has 0 atom stereocenters. The van der Waals surface area contributed by atoms with Crippen molar-refractivity contribution in [1.82, 2.24) is 9.55 Å². The topological polar surface area (TPSA) is 36.3 Å². The molecule has 0 aliphatic heterocycles. The van der Waals surface area contributed by atoms with E-state index < -0.39 is 0 Å². The van der Waals surface area contributed by atoms with Gasteiger partial charge in [-0.15, -0.1) is 0 Å². The van der Waals surface area contributed by atoms with Crippen molar-refractivity contribution in [3.8, 4) is 11.5 Å². The third-order valence-corrected chi connectivity index (χ3v) is 5.56. The number of nitrogens with zero attached hydrogens (tertiary/aromatic N) is 2. The minimum absolute atomic E-state index is 0.442. The Morgan fingerprint density at radius 1 is 0.903 bits per heavy atom. The minimum atomic E-state index is 0.442. The van der Waals surface area contributed by atoms with Crippen LogP contribution >= 0.6 is 0 Å². The van der Waals surface area contributed by atoms with Crippen LogP contribution in [0.1, 0.15) is 35.9 Å². The number of hydrogen-bond acceptors (Lipinski definition) is 3. The van der Waals surface area contributed by atoms with Crippen molar-refractivity contribution in [2.24, 2.45) is 0 Å². The standard InChI is InChI=1S/C27H30N2O2/c1-4-22-12-14-23(15-13-22)31-19-27-28-24-8-5-6-9-25(24)29(27)16-7-17-30-26-18-20(2)10-11-21(26)3/h5-6,8-15,18H,4,7,16-17,19H2,1-3H3. The van der Waals surface area contributed by atoms with Crippen molar-refractivity contribution in [2.45, 2.75) is 46.8 Å². The molecule has 0 aliphatic rings. The van der Waals surface area contributed by atoms with Crippen LogP contribution in [0.15, 0.2) is 66.7 Å². The number of aromatic nitrogens is 2. The summed E-state index contributed by atoms with van der Waals surface area (Å²) in [4.78, 5) is 4.82. The van der Waals surface area contributed by atoms with E-state index in [4.69, 9.17) is 14.5 Å². The number of aryl methyl sites for hydroxylation is 4. The van der Waals surface area contributed by atoms with E-state index in [0.29, 0.717) is 13.2 Å². The second kappa shape index (κ2) is 9.69. The molecule has 0 radical (unpaired) electrons. The van der Waals surface area contributed by atoms with E-state index in [1.54, 1.807) is 0 Å². The highest BCUT2D eigenvalue weighted by molar-refractivity contribution is 5.75. The Labute approximate surface area is 184 Å². The molecular weight excluding hydrogens is 384 g/mol. The lowest BCUT2D eigenvalue weighted by Crippen LogP contribution is -2.10. The number of para-hydroxylation sites is 2. The van der Waals surface area contributed by atoms with Gasteiger partial charge in [0.05, 0.1) is 17.6 Å². The fraction of sp³-hybridized carbons (Fsp3) is 0.296. The Hall–Kier alpha value is -3.27. The average molecular weight is 415 g/mol. The summed E-state index contributed by atoms with van der Waals surface area (Å²) < 4.78 is 14.4. The quantitative estimate of drug-likeness (QED) is 0.303. The van der Waals surface area contributed by atoms with Crippen LogP contribution in [0.25, 0.3) is 11.0 Å². The molecule has 4 nitrogen and oxygen atoms in total. The molecule has 0 N–H and O–H groups in total. The van der Waals surface area contributed by atoms with Crippen LogP contribution in [0.5, 0.6) is 11.5 Å². The van der Waals surface area contributed by atoms with Gasteiger partial charge in [-0.3, -0.25) is 0 Å². The van der Waals surface area contributed by atoms with Crippen LogP contribution in [-0.2, 0) is 19.6 Å². The van der Waals surface area contributed by atoms with Crippen molar-refractivity contribution < 1.29 is 9.47 Å². The van der Waals surface area contributed by atoms with Gasteiger partial charge in [0, 0.05) is 6.54 Å². The van der Waals surface area contributed by atoms with Gasteiger partial charge >= 0.3 is 0 Å². The smallest absolute Gasteiger partial charge is 0.147 e. The first-order valence-electron chi connectivity index (χ1n) is 11.0. The number of fused-ring (bicyclic) bond motifs is 1. The molecule has 160 valence electrons. The zero-order valence-corrected chi connectivity index (χ0v) is 18.6. The van der Waals surface area contributed by atoms with Crippen LogP contribution in [-0.4, -0.2) is 16.2 Å². The lowest BCUT2D eigenvalue weighted by atomic mass is 10.1. The molecule has 0 unspecified atom stereocenters. The summed E-state index contributed by atoms with van der Waals surface area (Å²) in [6, 6.07) is 22.9. The summed E-state index contributed by atoms with van der Waals surface area (Å²) in [5.74, 6) is 2.77. The average Bonchev–Trinajstić information content (AvgIpc) is 3.15. The van der Waals surface area contributed by atoms with Crippen LogP contribution in [0.2, 0.25) is 0 Å². The van der Waals surface area contributed by atoms with Crippen molar-refractivity contribution in [3.63, 3.8) is 0 Å². The van der Waals surface area contributed by atoms with E-state index in [1.165, 1.54) is 16.7 Å². The van der Waals surface area contributed by atoms with E-state index >= 15 is 0 Å². The lowest BCUT2D eigenvalue weighted by molar-refractivity contribution is 0.279. The van der Waals surface area contributed by atoms with E-state index in [0.717, 1.165) is 47.7 Å². The predicted molar refractivity (Wildman–Crippen MR) is 126 cm³/mol. The molecule has 1 heterocycles. The first-order valence-corrected chi connectivity index (χ1v) is 11.0. The molecular formula is C27H30N2O2. The van der Waals surface area contributed by atoms with Crippen molar-refractivity contribution in [2.75, 3.05) is 6.61 Å². The first-order chi connectivity index (χ1) is 15.1. The largest absolute Gasteiger partial charge is 0.493 e. The van der Waals surface area contributed by atoms with E-state index in [-0.39, 0.29) is 0 Å². The van der Waals surface area contributed by atoms with Gasteiger partial charge in [-0.2, -0.15) is 0 Å². The first kappa shape index (κ1) is 21.0. The van der Waals surface area contributed by atoms with Gasteiger partial charge in [-0.05, 0) is 73.7 Å². The molecule has 0 aliphatic carbocycles. The highest BCUT2D eigenvalue weighted by atomic mass is 16.5. The summed E-state index contributed by atoms with van der Waals surface area (Å²) in [5, 5.41) is 0. The molecule has 0 saturated heterocycles. The predicted octanol–water partition coefficient (Wildman–Crippen LogP) is 6.26. The van der Waals surface area contributed by atoms with Crippen LogP contribution in [0, 0.1) is 13.8 Å². The van der Waals surface area contributed by atoms with Gasteiger partial charge in [0.2, 0.25) is 0 Å². The monoisotopic (exact) mass is 414 g/mol. The number of benzene rings is 3. The van der Waals surface area contributed by atoms with Crippen LogP contribution in [0.3, 0.4) is 0 Å². The zero-order chi connectivity index (χ0) is 21.6. The molecule has 4 aromatic rings. The Morgan fingerprint density at radius 2 is 1.71 bits per heavy atom. The molecule has 31 heavy (non-hydrogen) atoms. The summed E-state index contributed by atoms with van der Waals surface area (Å²) in [7, 11) is 0. The molecule has 4 heteroatoms. The van der Waals surface area contributed by atoms with Gasteiger partial charge in [0.1, 0.15) is 23.9 Å². The van der Waals surface area contributed by atoms with Crippen molar-refractivity contribution >= 4 is 11.0 Å². The maximum Gasteiger partial charge on any atom is 0.147 e. The second-order valence-corrected chi connectivity index (χ2v) is 7.93. The summed E-state index contributed by atoms with van der Waals surface area (Å²) in [6.45, 7) is 8.27. The van der Waals surface area contributed by atoms with E-state index in [2.05, 4.69) is 73.9 Å². The third kappa shape index (κ3) is 5.08. The van der Waals surface area contributed by atoms with Gasteiger partial charge < -0.3 is 14.0 Å². The fourth-order valence-corrected chi connectivity index (χ4v) is 3.72. The van der Waals surface area contributed by atoms with Gasteiger partial charge in [0.15, 0.2) is 0 Å². The number of imidazole rings is 1. The zero-order valence-electron chi connectivity index (χ0n) is 18.6. The van der Waals surface area contributed by atoms with Gasteiger partial charge in [0.25, 0.3) is 0 Å². The SMILES string of the molecule is CCc1ccc(OCc2nc3ccccc3n2CCCOc2cc(C)ccc2C)cc1. The van der Waals surface area contributed by atoms with Crippen molar-refractivity contribution in [3.05, 3.63) is 89.2 Å². The maximum atomic E-state index is 6.05. The number of hydrogen-bond donors (Lipinski definition) is 0. The van der Waals surface area contributed by atoms with E-state index in [1.807, 2.05) is 18.2 Å². The Bertz CT molecular complexity index is 1150. The number of ether oxygens (including phenoxy) is 2. The molecule has 0 amide bonds. The fourth-order valence-electron chi connectivity index (χ4n) is 3.72. The second-order valence-electron chi connectivity index (χ2n) is 7.93. The van der Waals surface area contributed by atoms with Crippen molar-refractivity contribution in [1.29, 1.82) is 0 Å². The van der Waals surface area contributed by atoms with Crippen LogP contribution < -0.4 is 9.47 Å². The molecule has 0 saturated carbocycles. The Balaban J connectivity index is 1.43. The molecule has 3 aromatic carbocycles. The third-order valence-electron chi connectivity index (χ3n) is 5.56. The molecule has 1 aromatic heterocycles. The molecule has 4 rings (SSSR count). The van der Waals surface area contributed by atoms with Gasteiger partial charge in [-0.25, -0.2) is 4.98 Å². The summed E-state index contributed by atoms with van der Waals surface area (Å²) in [6.07, 6.45) is 1.92. The Morgan fingerprint density at radius 3 is 2.52 bits per heavy atom.